The molecule has 108 valence electrons. The van der Waals surface area contributed by atoms with E-state index in [1.54, 1.807) is 6.07 Å². The third-order valence-corrected chi connectivity index (χ3v) is 3.12. The average Bonchev–Trinajstić information content (AvgIpc) is 2.47. The van der Waals surface area contributed by atoms with Gasteiger partial charge in [-0.1, -0.05) is 31.2 Å². The van der Waals surface area contributed by atoms with Crippen molar-refractivity contribution in [2.45, 2.75) is 13.3 Å². The van der Waals surface area contributed by atoms with Crippen molar-refractivity contribution in [3.05, 3.63) is 63.7 Å². The van der Waals surface area contributed by atoms with Crippen LogP contribution in [-0.2, 0) is 6.42 Å². The zero-order valence-electron chi connectivity index (χ0n) is 11.4. The van der Waals surface area contributed by atoms with Crippen LogP contribution in [0.1, 0.15) is 22.8 Å². The molecule has 0 saturated heterocycles. The van der Waals surface area contributed by atoms with Gasteiger partial charge in [0.1, 0.15) is 11.3 Å². The maximum absolute atomic E-state index is 11.2. The molecule has 6 nitrogen and oxygen atoms in total. The highest BCUT2D eigenvalue weighted by molar-refractivity contribution is 5.96. The zero-order chi connectivity index (χ0) is 15.4. The molecule has 0 saturated carbocycles. The summed E-state index contributed by atoms with van der Waals surface area (Å²) in [6.45, 7) is 1.97. The van der Waals surface area contributed by atoms with Crippen LogP contribution in [0.3, 0.4) is 0 Å². The fourth-order valence-electron chi connectivity index (χ4n) is 2.11. The minimum absolute atomic E-state index is 0.167. The number of nitrogens with zero attached hydrogens (tertiary/aromatic N) is 1. The second-order valence-electron chi connectivity index (χ2n) is 4.40. The molecule has 0 radical (unpaired) electrons. The molecule has 0 atom stereocenters. The van der Waals surface area contributed by atoms with Gasteiger partial charge in [0, 0.05) is 5.69 Å². The van der Waals surface area contributed by atoms with E-state index in [4.69, 9.17) is 5.11 Å². The molecule has 6 heteroatoms. The first-order chi connectivity index (χ1) is 10.0. The summed E-state index contributed by atoms with van der Waals surface area (Å²) < 4.78 is 0. The number of carboxylic acids is 1. The molecule has 21 heavy (non-hydrogen) atoms. The van der Waals surface area contributed by atoms with Gasteiger partial charge in [0.25, 0.3) is 0 Å². The summed E-state index contributed by atoms with van der Waals surface area (Å²) in [5.41, 5.74) is 1.12. The van der Waals surface area contributed by atoms with E-state index in [-0.39, 0.29) is 11.3 Å². The van der Waals surface area contributed by atoms with Crippen molar-refractivity contribution in [3.8, 4) is 0 Å². The smallest absolute Gasteiger partial charge is 0.342 e. The summed E-state index contributed by atoms with van der Waals surface area (Å²) in [4.78, 5) is 21.6. The van der Waals surface area contributed by atoms with Gasteiger partial charge >= 0.3 is 11.7 Å². The van der Waals surface area contributed by atoms with E-state index in [9.17, 15) is 14.9 Å². The summed E-state index contributed by atoms with van der Waals surface area (Å²) >= 11 is 0. The van der Waals surface area contributed by atoms with E-state index in [0.29, 0.717) is 0 Å². The van der Waals surface area contributed by atoms with Crippen LogP contribution < -0.4 is 5.32 Å². The standard InChI is InChI=1S/C15H14N2O4/c1-2-10-6-3-4-8-12(10)16-13-9-5-7-11(15(18)19)14(13)17(20)21/h3-9,16H,2H2,1H3,(H,18,19). The molecule has 0 aliphatic carbocycles. The van der Waals surface area contributed by atoms with Crippen molar-refractivity contribution in [2.75, 3.05) is 5.32 Å². The summed E-state index contributed by atoms with van der Waals surface area (Å²) in [6, 6.07) is 11.6. The van der Waals surface area contributed by atoms with Crippen LogP contribution in [0, 0.1) is 10.1 Å². The van der Waals surface area contributed by atoms with Crippen molar-refractivity contribution >= 4 is 23.0 Å². The Morgan fingerprint density at radius 1 is 1.19 bits per heavy atom. The van der Waals surface area contributed by atoms with Crippen molar-refractivity contribution < 1.29 is 14.8 Å². The topological polar surface area (TPSA) is 92.5 Å². The quantitative estimate of drug-likeness (QED) is 0.647. The number of hydrogen-bond acceptors (Lipinski definition) is 4. The molecule has 0 aromatic heterocycles. The molecule has 0 fully saturated rings. The Labute approximate surface area is 121 Å². The Kier molecular flexibility index (Phi) is 4.18. The molecular weight excluding hydrogens is 272 g/mol. The zero-order valence-corrected chi connectivity index (χ0v) is 11.4. The Morgan fingerprint density at radius 3 is 2.48 bits per heavy atom. The minimum Gasteiger partial charge on any atom is -0.477 e. The molecule has 0 amide bonds. The van der Waals surface area contributed by atoms with Crippen LogP contribution in [0.25, 0.3) is 0 Å². The lowest BCUT2D eigenvalue weighted by Crippen LogP contribution is -2.06. The molecule has 0 aliphatic heterocycles. The number of nitro groups is 1. The fraction of sp³-hybridized carbons (Fsp3) is 0.133. The lowest BCUT2D eigenvalue weighted by atomic mass is 10.1. The number of hydrogen-bond donors (Lipinski definition) is 2. The van der Waals surface area contributed by atoms with E-state index < -0.39 is 16.6 Å². The van der Waals surface area contributed by atoms with Gasteiger partial charge in [-0.25, -0.2) is 4.79 Å². The van der Waals surface area contributed by atoms with Crippen molar-refractivity contribution in [1.29, 1.82) is 0 Å². The molecular formula is C15H14N2O4. The average molecular weight is 286 g/mol. The largest absolute Gasteiger partial charge is 0.477 e. The van der Waals surface area contributed by atoms with Gasteiger partial charge in [0.2, 0.25) is 0 Å². The number of aryl methyl sites for hydroxylation is 1. The number of nitrogens with one attached hydrogen (secondary N) is 1. The van der Waals surface area contributed by atoms with Crippen LogP contribution >= 0.6 is 0 Å². The molecule has 0 heterocycles. The highest BCUT2D eigenvalue weighted by Gasteiger charge is 2.24. The predicted octanol–water partition coefficient (Wildman–Crippen LogP) is 3.60. The monoisotopic (exact) mass is 286 g/mol. The number of benzene rings is 2. The minimum atomic E-state index is -1.32. The molecule has 0 spiro atoms. The van der Waals surface area contributed by atoms with E-state index in [0.717, 1.165) is 17.7 Å². The van der Waals surface area contributed by atoms with Gasteiger partial charge in [0.15, 0.2) is 0 Å². The Hall–Kier alpha value is -2.89. The number of anilines is 2. The summed E-state index contributed by atoms with van der Waals surface area (Å²) in [7, 11) is 0. The number of para-hydroxylation sites is 2. The molecule has 0 unspecified atom stereocenters. The first kappa shape index (κ1) is 14.5. The molecule has 0 aliphatic rings. The van der Waals surface area contributed by atoms with Crippen LogP contribution in [0.4, 0.5) is 17.1 Å². The van der Waals surface area contributed by atoms with Gasteiger partial charge in [-0.3, -0.25) is 10.1 Å². The Bertz CT molecular complexity index is 698. The Morgan fingerprint density at radius 2 is 1.86 bits per heavy atom. The van der Waals surface area contributed by atoms with Gasteiger partial charge < -0.3 is 10.4 Å². The molecule has 0 bridgehead atoms. The van der Waals surface area contributed by atoms with Crippen molar-refractivity contribution in [1.82, 2.24) is 0 Å². The fourth-order valence-corrected chi connectivity index (χ4v) is 2.11. The van der Waals surface area contributed by atoms with E-state index in [1.165, 1.54) is 18.2 Å². The Balaban J connectivity index is 2.52. The third kappa shape index (κ3) is 3.00. The molecule has 2 rings (SSSR count). The summed E-state index contributed by atoms with van der Waals surface area (Å²) in [5.74, 6) is -1.32. The first-order valence-electron chi connectivity index (χ1n) is 6.40. The lowest BCUT2D eigenvalue weighted by Gasteiger charge is -2.12. The van der Waals surface area contributed by atoms with E-state index in [2.05, 4.69) is 5.32 Å². The summed E-state index contributed by atoms with van der Waals surface area (Å²) in [6.07, 6.45) is 0.760. The van der Waals surface area contributed by atoms with E-state index >= 15 is 0 Å². The predicted molar refractivity (Wildman–Crippen MR) is 79.2 cm³/mol. The van der Waals surface area contributed by atoms with Gasteiger partial charge in [-0.2, -0.15) is 0 Å². The SMILES string of the molecule is CCc1ccccc1Nc1cccc(C(=O)O)c1[N+](=O)[O-]. The van der Waals surface area contributed by atoms with E-state index in [1.807, 2.05) is 25.1 Å². The van der Waals surface area contributed by atoms with Crippen LogP contribution in [0.15, 0.2) is 42.5 Å². The molecule has 2 aromatic carbocycles. The highest BCUT2D eigenvalue weighted by Crippen LogP contribution is 2.32. The first-order valence-corrected chi connectivity index (χ1v) is 6.40. The lowest BCUT2D eigenvalue weighted by molar-refractivity contribution is -0.384. The maximum atomic E-state index is 11.2. The third-order valence-electron chi connectivity index (χ3n) is 3.12. The maximum Gasteiger partial charge on any atom is 0.342 e. The second-order valence-corrected chi connectivity index (χ2v) is 4.40. The number of aromatic carboxylic acids is 1. The van der Waals surface area contributed by atoms with Crippen molar-refractivity contribution in [2.24, 2.45) is 0 Å². The van der Waals surface area contributed by atoms with Crippen LogP contribution in [0.5, 0.6) is 0 Å². The molecule has 2 aromatic rings. The summed E-state index contributed by atoms with van der Waals surface area (Å²) in [5, 5.41) is 23.2. The number of nitro benzene ring substituents is 1. The van der Waals surface area contributed by atoms with Crippen LogP contribution in [0.2, 0.25) is 0 Å². The number of rotatable bonds is 5. The highest BCUT2D eigenvalue weighted by atomic mass is 16.6. The normalized spacial score (nSPS) is 10.1. The number of carbonyl (C=O) groups is 1. The van der Waals surface area contributed by atoms with Gasteiger partial charge in [0.05, 0.1) is 4.92 Å². The van der Waals surface area contributed by atoms with Gasteiger partial charge in [-0.15, -0.1) is 0 Å². The molecule has 2 N–H and O–H groups in total. The van der Waals surface area contributed by atoms with Crippen molar-refractivity contribution in [3.63, 3.8) is 0 Å². The van der Waals surface area contributed by atoms with Gasteiger partial charge in [-0.05, 0) is 30.2 Å². The van der Waals surface area contributed by atoms with Crippen LogP contribution in [-0.4, -0.2) is 16.0 Å². The second kappa shape index (κ2) is 6.04. The number of carboxylic acid groups (broad SMARTS) is 1.